The van der Waals surface area contributed by atoms with E-state index in [1.165, 1.54) is 12.8 Å². The fourth-order valence-corrected chi connectivity index (χ4v) is 4.55. The molecule has 1 aliphatic heterocycles. The molecule has 4 heteroatoms. The van der Waals surface area contributed by atoms with Crippen molar-refractivity contribution >= 4 is 11.7 Å². The Labute approximate surface area is 183 Å². The minimum Gasteiger partial charge on any atom is -0.329 e. The number of rotatable bonds is 5. The van der Waals surface area contributed by atoms with Gasteiger partial charge in [0.15, 0.2) is 5.78 Å². The highest BCUT2D eigenvalue weighted by atomic mass is 16.2. The molecular weight excluding hydrogens is 384 g/mol. The quantitative estimate of drug-likeness (QED) is 0.578. The molecule has 0 aromatic heterocycles. The van der Waals surface area contributed by atoms with Crippen LogP contribution < -0.4 is 0 Å². The lowest BCUT2D eigenvalue weighted by molar-refractivity contribution is 0.0431. The van der Waals surface area contributed by atoms with Crippen molar-refractivity contribution in [1.29, 1.82) is 0 Å². The third kappa shape index (κ3) is 4.04. The van der Waals surface area contributed by atoms with E-state index in [1.807, 2.05) is 53.4 Å². The van der Waals surface area contributed by atoms with E-state index in [9.17, 15) is 9.59 Å². The van der Waals surface area contributed by atoms with Crippen LogP contribution in [0, 0.1) is 0 Å². The highest BCUT2D eigenvalue weighted by molar-refractivity contribution is 6.15. The molecule has 3 aromatic rings. The van der Waals surface area contributed by atoms with Crippen molar-refractivity contribution in [3.05, 3.63) is 107 Å². The summed E-state index contributed by atoms with van der Waals surface area (Å²) in [5.41, 5.74) is 2.70. The average Bonchev–Trinajstić information content (AvgIpc) is 3.69. The van der Waals surface area contributed by atoms with Gasteiger partial charge in [0.2, 0.25) is 0 Å². The van der Waals surface area contributed by atoms with Crippen LogP contribution in [0.5, 0.6) is 0 Å². The van der Waals surface area contributed by atoms with Crippen LogP contribution in [0.4, 0.5) is 0 Å². The summed E-state index contributed by atoms with van der Waals surface area (Å²) in [5, 5.41) is 0. The van der Waals surface area contributed by atoms with E-state index < -0.39 is 0 Å². The Hall–Kier alpha value is -3.24. The van der Waals surface area contributed by atoms with Gasteiger partial charge in [0.1, 0.15) is 0 Å². The first-order valence-electron chi connectivity index (χ1n) is 11.0. The zero-order valence-electron chi connectivity index (χ0n) is 17.5. The summed E-state index contributed by atoms with van der Waals surface area (Å²) in [5.74, 6) is -0.179. The summed E-state index contributed by atoms with van der Waals surface area (Å²) >= 11 is 0. The van der Waals surface area contributed by atoms with Crippen molar-refractivity contribution in [3.8, 4) is 0 Å². The molecular formula is C27H26N2O2. The number of piperazine rings is 1. The molecule has 1 aliphatic carbocycles. The zero-order chi connectivity index (χ0) is 21.2. The number of benzene rings is 3. The maximum Gasteiger partial charge on any atom is 0.255 e. The molecule has 1 amide bonds. The third-order valence-corrected chi connectivity index (χ3v) is 6.36. The molecule has 1 saturated carbocycles. The maximum atomic E-state index is 13.8. The smallest absolute Gasteiger partial charge is 0.255 e. The Morgan fingerprint density at radius 1 is 0.710 bits per heavy atom. The maximum absolute atomic E-state index is 13.8. The van der Waals surface area contributed by atoms with E-state index in [0.29, 0.717) is 29.3 Å². The molecule has 156 valence electrons. The highest BCUT2D eigenvalue weighted by Crippen LogP contribution is 2.34. The molecule has 5 rings (SSSR count). The summed E-state index contributed by atoms with van der Waals surface area (Å²) in [6.45, 7) is 2.40. The van der Waals surface area contributed by atoms with Gasteiger partial charge in [-0.1, -0.05) is 78.9 Å². The van der Waals surface area contributed by atoms with Crippen LogP contribution in [-0.2, 0) is 0 Å². The van der Waals surface area contributed by atoms with Crippen LogP contribution in [0.3, 0.4) is 0 Å². The molecule has 2 fully saturated rings. The van der Waals surface area contributed by atoms with Crippen molar-refractivity contribution in [2.24, 2.45) is 0 Å². The molecule has 0 N–H and O–H groups in total. The Balaban J connectivity index is 1.48. The normalized spacial score (nSPS) is 19.2. The monoisotopic (exact) mass is 410 g/mol. The van der Waals surface area contributed by atoms with Crippen molar-refractivity contribution in [1.82, 2.24) is 9.80 Å². The number of nitrogens with zero attached hydrogens (tertiary/aromatic N) is 2. The summed E-state index contributed by atoms with van der Waals surface area (Å²) in [7, 11) is 0. The van der Waals surface area contributed by atoms with E-state index in [-0.39, 0.29) is 17.7 Å². The molecule has 3 aromatic carbocycles. The van der Waals surface area contributed by atoms with Gasteiger partial charge in [0.05, 0.1) is 11.6 Å². The standard InChI is InChI=1S/C27H26N2O2/c30-26(21-11-5-2-6-12-21)23-13-7-8-14-24(23)27(31)29-18-17-28(22-15-16-22)19-25(29)20-9-3-1-4-10-20/h1-14,22,25H,15-19H2. The minimum atomic E-state index is -0.113. The second-order valence-corrected chi connectivity index (χ2v) is 8.39. The number of carbonyl (C=O) groups is 2. The second kappa shape index (κ2) is 8.48. The second-order valence-electron chi connectivity index (χ2n) is 8.39. The van der Waals surface area contributed by atoms with Crippen LogP contribution in [0.1, 0.15) is 50.7 Å². The first-order chi connectivity index (χ1) is 15.2. The van der Waals surface area contributed by atoms with Gasteiger partial charge in [-0.25, -0.2) is 0 Å². The van der Waals surface area contributed by atoms with Gasteiger partial charge < -0.3 is 4.90 Å². The summed E-state index contributed by atoms with van der Waals surface area (Å²) in [6.07, 6.45) is 2.51. The molecule has 1 heterocycles. The lowest BCUT2D eigenvalue weighted by atomic mass is 9.95. The van der Waals surface area contributed by atoms with Crippen LogP contribution in [0.2, 0.25) is 0 Å². The van der Waals surface area contributed by atoms with Gasteiger partial charge in [0, 0.05) is 36.8 Å². The van der Waals surface area contributed by atoms with E-state index in [2.05, 4.69) is 17.0 Å². The number of amides is 1. The third-order valence-electron chi connectivity index (χ3n) is 6.36. The minimum absolute atomic E-state index is 0.0112. The van der Waals surface area contributed by atoms with Crippen molar-refractivity contribution in [2.75, 3.05) is 19.6 Å². The van der Waals surface area contributed by atoms with E-state index >= 15 is 0 Å². The number of hydrogen-bond donors (Lipinski definition) is 0. The fraction of sp³-hybridized carbons (Fsp3) is 0.259. The van der Waals surface area contributed by atoms with Crippen molar-refractivity contribution in [2.45, 2.75) is 24.9 Å². The molecule has 1 atom stereocenters. The Bertz CT molecular complexity index is 1080. The summed E-state index contributed by atoms with van der Waals surface area (Å²) < 4.78 is 0. The average molecular weight is 411 g/mol. The first-order valence-corrected chi connectivity index (χ1v) is 11.0. The number of carbonyl (C=O) groups excluding carboxylic acids is 2. The van der Waals surface area contributed by atoms with Crippen molar-refractivity contribution in [3.63, 3.8) is 0 Å². The molecule has 0 spiro atoms. The first kappa shape index (κ1) is 19.7. The van der Waals surface area contributed by atoms with Crippen LogP contribution >= 0.6 is 0 Å². The lowest BCUT2D eigenvalue weighted by Crippen LogP contribution is -2.51. The number of hydrogen-bond acceptors (Lipinski definition) is 3. The predicted molar refractivity (Wildman–Crippen MR) is 121 cm³/mol. The van der Waals surface area contributed by atoms with Crippen molar-refractivity contribution < 1.29 is 9.59 Å². The highest BCUT2D eigenvalue weighted by Gasteiger charge is 2.38. The molecule has 1 unspecified atom stereocenters. The predicted octanol–water partition coefficient (Wildman–Crippen LogP) is 4.58. The zero-order valence-corrected chi connectivity index (χ0v) is 17.5. The molecule has 1 saturated heterocycles. The molecule has 0 bridgehead atoms. The SMILES string of the molecule is O=C(c1ccccc1)c1ccccc1C(=O)N1CCN(C2CC2)CC1c1ccccc1. The molecule has 2 aliphatic rings. The number of ketones is 1. The Morgan fingerprint density at radius 2 is 1.32 bits per heavy atom. The Morgan fingerprint density at radius 3 is 2.00 bits per heavy atom. The molecule has 0 radical (unpaired) electrons. The van der Waals surface area contributed by atoms with E-state index in [4.69, 9.17) is 0 Å². The summed E-state index contributed by atoms with van der Waals surface area (Å²) in [6, 6.07) is 27.3. The van der Waals surface area contributed by atoms with Gasteiger partial charge in [-0.05, 0) is 24.5 Å². The topological polar surface area (TPSA) is 40.6 Å². The van der Waals surface area contributed by atoms with Crippen LogP contribution in [-0.4, -0.2) is 47.2 Å². The van der Waals surface area contributed by atoms with Crippen LogP contribution in [0.15, 0.2) is 84.9 Å². The van der Waals surface area contributed by atoms with Gasteiger partial charge in [-0.15, -0.1) is 0 Å². The molecule has 31 heavy (non-hydrogen) atoms. The van der Waals surface area contributed by atoms with Gasteiger partial charge in [-0.3, -0.25) is 14.5 Å². The van der Waals surface area contributed by atoms with Gasteiger partial charge in [-0.2, -0.15) is 0 Å². The van der Waals surface area contributed by atoms with Gasteiger partial charge >= 0.3 is 0 Å². The lowest BCUT2D eigenvalue weighted by Gasteiger charge is -2.42. The van der Waals surface area contributed by atoms with E-state index in [0.717, 1.165) is 18.7 Å². The van der Waals surface area contributed by atoms with E-state index in [1.54, 1.807) is 24.3 Å². The molecule has 4 nitrogen and oxygen atoms in total. The summed E-state index contributed by atoms with van der Waals surface area (Å²) in [4.78, 5) is 31.4. The fourth-order valence-electron chi connectivity index (χ4n) is 4.55. The van der Waals surface area contributed by atoms with Crippen LogP contribution in [0.25, 0.3) is 0 Å². The van der Waals surface area contributed by atoms with Gasteiger partial charge in [0.25, 0.3) is 5.91 Å². The Kier molecular flexibility index (Phi) is 5.39. The largest absolute Gasteiger partial charge is 0.329 e.